The molecule has 1 amide bonds. The van der Waals surface area contributed by atoms with Crippen molar-refractivity contribution in [2.24, 2.45) is 11.7 Å². The van der Waals surface area contributed by atoms with Crippen molar-refractivity contribution < 1.29 is 9.90 Å². The minimum absolute atomic E-state index is 0.0308. The van der Waals surface area contributed by atoms with Crippen molar-refractivity contribution in [2.75, 3.05) is 5.32 Å². The highest BCUT2D eigenvalue weighted by Crippen LogP contribution is 2.32. The van der Waals surface area contributed by atoms with Gasteiger partial charge in [0.25, 0.3) is 0 Å². The third kappa shape index (κ3) is 3.12. The first-order valence-electron chi connectivity index (χ1n) is 7.19. The van der Waals surface area contributed by atoms with Gasteiger partial charge in [0.05, 0.1) is 11.6 Å². The normalized spacial score (nSPS) is 22.8. The molecule has 20 heavy (non-hydrogen) atoms. The summed E-state index contributed by atoms with van der Waals surface area (Å²) < 4.78 is 0. The summed E-state index contributed by atoms with van der Waals surface area (Å²) in [5.74, 6) is -0.137. The van der Waals surface area contributed by atoms with Crippen LogP contribution in [-0.4, -0.2) is 17.1 Å². The molecule has 1 aliphatic rings. The second kappa shape index (κ2) is 5.44. The molecule has 0 radical (unpaired) electrons. The van der Waals surface area contributed by atoms with E-state index in [1.165, 1.54) is 0 Å². The standard InChI is InChI=1S/C16H24N2O2/c1-16(2,3)10-7-8-14(19)13(9-10)18-15(20)11-5-4-6-12(11)17/h7-9,11-12,19H,4-6,17H2,1-3H3,(H,18,20)/t11-,12+/m1/s1. The largest absolute Gasteiger partial charge is 0.506 e. The molecule has 1 fully saturated rings. The minimum Gasteiger partial charge on any atom is -0.506 e. The second-order valence-electron chi connectivity index (χ2n) is 6.67. The van der Waals surface area contributed by atoms with Crippen molar-refractivity contribution in [1.29, 1.82) is 0 Å². The number of carbonyl (C=O) groups excluding carboxylic acids is 1. The van der Waals surface area contributed by atoms with E-state index < -0.39 is 0 Å². The highest BCUT2D eigenvalue weighted by atomic mass is 16.3. The summed E-state index contributed by atoms with van der Waals surface area (Å²) in [6.45, 7) is 6.29. The maximum absolute atomic E-state index is 12.2. The topological polar surface area (TPSA) is 75.3 Å². The van der Waals surface area contributed by atoms with Crippen LogP contribution in [0.4, 0.5) is 5.69 Å². The van der Waals surface area contributed by atoms with Crippen LogP contribution in [0.3, 0.4) is 0 Å². The Bertz CT molecular complexity index is 506. The molecule has 0 heterocycles. The van der Waals surface area contributed by atoms with Crippen LogP contribution in [0.25, 0.3) is 0 Å². The smallest absolute Gasteiger partial charge is 0.229 e. The number of benzene rings is 1. The van der Waals surface area contributed by atoms with Crippen LogP contribution >= 0.6 is 0 Å². The Balaban J connectivity index is 2.18. The van der Waals surface area contributed by atoms with E-state index in [2.05, 4.69) is 26.1 Å². The van der Waals surface area contributed by atoms with Gasteiger partial charge in [-0.25, -0.2) is 0 Å². The molecule has 2 atom stereocenters. The van der Waals surface area contributed by atoms with Crippen LogP contribution in [-0.2, 0) is 10.2 Å². The Morgan fingerprint density at radius 3 is 2.60 bits per heavy atom. The van der Waals surface area contributed by atoms with Crippen molar-refractivity contribution in [3.63, 3.8) is 0 Å². The number of aromatic hydroxyl groups is 1. The molecule has 110 valence electrons. The van der Waals surface area contributed by atoms with E-state index in [9.17, 15) is 9.90 Å². The third-order valence-electron chi connectivity index (χ3n) is 4.03. The number of phenolic OH excluding ortho intramolecular Hbond substituents is 1. The van der Waals surface area contributed by atoms with Gasteiger partial charge in [-0.1, -0.05) is 33.3 Å². The van der Waals surface area contributed by atoms with E-state index in [0.29, 0.717) is 5.69 Å². The molecule has 0 spiro atoms. The van der Waals surface area contributed by atoms with E-state index in [4.69, 9.17) is 5.73 Å². The van der Waals surface area contributed by atoms with Crippen molar-refractivity contribution in [3.05, 3.63) is 23.8 Å². The van der Waals surface area contributed by atoms with Crippen LogP contribution in [0.5, 0.6) is 5.75 Å². The minimum atomic E-state index is -0.146. The molecule has 1 saturated carbocycles. The lowest BCUT2D eigenvalue weighted by Gasteiger charge is -2.21. The van der Waals surface area contributed by atoms with Crippen molar-refractivity contribution in [3.8, 4) is 5.75 Å². The number of hydrogen-bond acceptors (Lipinski definition) is 3. The fourth-order valence-corrected chi connectivity index (χ4v) is 2.64. The number of amides is 1. The maximum atomic E-state index is 12.2. The van der Waals surface area contributed by atoms with Crippen LogP contribution < -0.4 is 11.1 Å². The highest BCUT2D eigenvalue weighted by Gasteiger charge is 2.30. The number of anilines is 1. The van der Waals surface area contributed by atoms with Gasteiger partial charge in [0.15, 0.2) is 0 Å². The summed E-state index contributed by atoms with van der Waals surface area (Å²) in [6, 6.07) is 5.29. The number of carbonyl (C=O) groups is 1. The zero-order valence-electron chi connectivity index (χ0n) is 12.4. The SMILES string of the molecule is CC(C)(C)c1ccc(O)c(NC(=O)[C@@H]2CCC[C@@H]2N)c1. The number of phenols is 1. The monoisotopic (exact) mass is 276 g/mol. The second-order valence-corrected chi connectivity index (χ2v) is 6.67. The lowest BCUT2D eigenvalue weighted by atomic mass is 9.86. The van der Waals surface area contributed by atoms with Gasteiger partial charge in [0.2, 0.25) is 5.91 Å². The lowest BCUT2D eigenvalue weighted by Crippen LogP contribution is -2.34. The number of rotatable bonds is 2. The number of nitrogens with one attached hydrogen (secondary N) is 1. The van der Waals surface area contributed by atoms with E-state index in [-0.39, 0.29) is 29.0 Å². The summed E-state index contributed by atoms with van der Waals surface area (Å²) in [7, 11) is 0. The van der Waals surface area contributed by atoms with Crippen LogP contribution in [0.15, 0.2) is 18.2 Å². The molecule has 2 rings (SSSR count). The van der Waals surface area contributed by atoms with Gasteiger partial charge in [0, 0.05) is 6.04 Å². The molecule has 0 saturated heterocycles. The van der Waals surface area contributed by atoms with Gasteiger partial charge in [-0.15, -0.1) is 0 Å². The zero-order chi connectivity index (χ0) is 14.9. The van der Waals surface area contributed by atoms with Crippen molar-refractivity contribution in [2.45, 2.75) is 51.5 Å². The fourth-order valence-electron chi connectivity index (χ4n) is 2.64. The highest BCUT2D eigenvalue weighted by molar-refractivity contribution is 5.94. The average molecular weight is 276 g/mol. The molecule has 0 bridgehead atoms. The number of nitrogens with two attached hydrogens (primary N) is 1. The Morgan fingerprint density at radius 1 is 1.35 bits per heavy atom. The first-order chi connectivity index (χ1) is 9.29. The van der Waals surface area contributed by atoms with Crippen LogP contribution in [0, 0.1) is 5.92 Å². The Labute approximate surface area is 120 Å². The molecular formula is C16H24N2O2. The lowest BCUT2D eigenvalue weighted by molar-refractivity contribution is -0.120. The van der Waals surface area contributed by atoms with Crippen LogP contribution in [0.2, 0.25) is 0 Å². The molecule has 4 heteroatoms. The predicted octanol–water partition coefficient (Wildman–Crippen LogP) is 2.76. The van der Waals surface area contributed by atoms with Gasteiger partial charge in [-0.3, -0.25) is 4.79 Å². The van der Waals surface area contributed by atoms with E-state index >= 15 is 0 Å². The van der Waals surface area contributed by atoms with Crippen LogP contribution in [0.1, 0.15) is 45.6 Å². The number of hydrogen-bond donors (Lipinski definition) is 3. The molecule has 4 nitrogen and oxygen atoms in total. The Hall–Kier alpha value is -1.55. The molecule has 0 aliphatic heterocycles. The molecule has 4 N–H and O–H groups in total. The summed E-state index contributed by atoms with van der Waals surface area (Å²) in [5, 5.41) is 12.7. The van der Waals surface area contributed by atoms with Crippen molar-refractivity contribution >= 4 is 11.6 Å². The molecule has 0 aromatic heterocycles. The average Bonchev–Trinajstić information content (AvgIpc) is 2.77. The predicted molar refractivity (Wildman–Crippen MR) is 80.8 cm³/mol. The molecule has 1 aromatic carbocycles. The summed E-state index contributed by atoms with van der Waals surface area (Å²) >= 11 is 0. The summed E-state index contributed by atoms with van der Waals surface area (Å²) in [4.78, 5) is 12.2. The molecule has 1 aliphatic carbocycles. The summed E-state index contributed by atoms with van der Waals surface area (Å²) in [5.41, 5.74) is 7.46. The van der Waals surface area contributed by atoms with Gasteiger partial charge < -0.3 is 16.2 Å². The van der Waals surface area contributed by atoms with Gasteiger partial charge in [0.1, 0.15) is 5.75 Å². The third-order valence-corrected chi connectivity index (χ3v) is 4.03. The first-order valence-corrected chi connectivity index (χ1v) is 7.19. The zero-order valence-corrected chi connectivity index (χ0v) is 12.4. The van der Waals surface area contributed by atoms with Gasteiger partial charge in [-0.2, -0.15) is 0 Å². The van der Waals surface area contributed by atoms with Gasteiger partial charge in [-0.05, 0) is 36.0 Å². The first kappa shape index (κ1) is 14.9. The van der Waals surface area contributed by atoms with E-state index in [0.717, 1.165) is 24.8 Å². The van der Waals surface area contributed by atoms with Crippen molar-refractivity contribution in [1.82, 2.24) is 0 Å². The Morgan fingerprint density at radius 2 is 2.05 bits per heavy atom. The summed E-state index contributed by atoms with van der Waals surface area (Å²) in [6.07, 6.45) is 2.71. The Kier molecular flexibility index (Phi) is 4.04. The quantitative estimate of drug-likeness (QED) is 0.727. The maximum Gasteiger partial charge on any atom is 0.229 e. The van der Waals surface area contributed by atoms with Gasteiger partial charge >= 0.3 is 0 Å². The molecule has 1 aromatic rings. The molecular weight excluding hydrogens is 252 g/mol. The molecule has 0 unspecified atom stereocenters. The van der Waals surface area contributed by atoms with E-state index in [1.54, 1.807) is 6.07 Å². The van der Waals surface area contributed by atoms with E-state index in [1.807, 2.05) is 12.1 Å². The fraction of sp³-hybridized carbons (Fsp3) is 0.562.